The third kappa shape index (κ3) is 5.56. The Kier molecular flexibility index (Phi) is 7.01. The van der Waals surface area contributed by atoms with E-state index >= 15 is 0 Å². The molecule has 1 aliphatic carbocycles. The molecule has 1 heterocycles. The Balaban J connectivity index is 1.67. The molecule has 2 fully saturated rings. The third-order valence-corrected chi connectivity index (χ3v) is 5.77. The summed E-state index contributed by atoms with van der Waals surface area (Å²) in [5, 5.41) is 3.86. The molecule has 1 N–H and O–H groups in total. The first-order chi connectivity index (χ1) is 10.2. The van der Waals surface area contributed by atoms with Crippen LogP contribution in [0.2, 0.25) is 0 Å². The van der Waals surface area contributed by atoms with E-state index in [1.165, 1.54) is 83.8 Å². The molecular weight excluding hydrogens is 256 g/mol. The lowest BCUT2D eigenvalue weighted by molar-refractivity contribution is 0.159. The molecule has 2 heteroatoms. The molecule has 1 saturated heterocycles. The number of nitrogens with one attached hydrogen (secondary N) is 1. The maximum Gasteiger partial charge on any atom is 0.0308 e. The Hall–Kier alpha value is -0.0800. The number of rotatable bonds is 9. The normalized spacial score (nSPS) is 31.3. The summed E-state index contributed by atoms with van der Waals surface area (Å²) in [7, 11) is 0. The summed E-state index contributed by atoms with van der Waals surface area (Å²) < 4.78 is 0. The van der Waals surface area contributed by atoms with Gasteiger partial charge in [-0.3, -0.25) is 4.90 Å². The molecule has 0 amide bonds. The van der Waals surface area contributed by atoms with Crippen molar-refractivity contribution in [3.05, 3.63) is 0 Å². The van der Waals surface area contributed by atoms with Crippen LogP contribution in [-0.2, 0) is 0 Å². The Morgan fingerprint density at radius 1 is 1.00 bits per heavy atom. The quantitative estimate of drug-likeness (QED) is 0.626. The van der Waals surface area contributed by atoms with Gasteiger partial charge in [0.1, 0.15) is 0 Å². The van der Waals surface area contributed by atoms with Gasteiger partial charge in [-0.05, 0) is 58.5 Å². The number of hydrogen-bond donors (Lipinski definition) is 1. The van der Waals surface area contributed by atoms with E-state index in [0.717, 1.165) is 12.0 Å². The highest BCUT2D eigenvalue weighted by atomic mass is 15.2. The monoisotopic (exact) mass is 294 g/mol. The van der Waals surface area contributed by atoms with E-state index in [-0.39, 0.29) is 0 Å². The van der Waals surface area contributed by atoms with E-state index in [1.807, 2.05) is 0 Å². The van der Waals surface area contributed by atoms with Gasteiger partial charge in [0.15, 0.2) is 0 Å². The molecule has 0 spiro atoms. The van der Waals surface area contributed by atoms with Gasteiger partial charge in [0.25, 0.3) is 0 Å². The van der Waals surface area contributed by atoms with Gasteiger partial charge in [0.05, 0.1) is 0 Å². The van der Waals surface area contributed by atoms with Crippen LogP contribution in [-0.4, -0.2) is 36.1 Å². The van der Waals surface area contributed by atoms with Crippen LogP contribution in [0.3, 0.4) is 0 Å². The first-order valence-corrected chi connectivity index (χ1v) is 9.65. The topological polar surface area (TPSA) is 15.3 Å². The van der Waals surface area contributed by atoms with Crippen molar-refractivity contribution in [2.45, 2.75) is 96.6 Å². The molecule has 2 nitrogen and oxygen atoms in total. The number of unbranched alkanes of at least 4 members (excludes halogenated alkanes) is 6. The van der Waals surface area contributed by atoms with Crippen LogP contribution >= 0.6 is 0 Å². The minimum Gasteiger partial charge on any atom is -0.310 e. The molecule has 1 aliphatic heterocycles. The van der Waals surface area contributed by atoms with Crippen LogP contribution in [0, 0.1) is 5.92 Å². The summed E-state index contributed by atoms with van der Waals surface area (Å²) >= 11 is 0. The summed E-state index contributed by atoms with van der Waals surface area (Å²) in [4.78, 5) is 2.78. The second-order valence-corrected chi connectivity index (χ2v) is 7.85. The van der Waals surface area contributed by atoms with Crippen molar-refractivity contribution in [3.63, 3.8) is 0 Å². The van der Waals surface area contributed by atoms with Crippen molar-refractivity contribution in [2.24, 2.45) is 5.92 Å². The maximum absolute atomic E-state index is 3.86. The average molecular weight is 295 g/mol. The van der Waals surface area contributed by atoms with Crippen LogP contribution in [0.25, 0.3) is 0 Å². The van der Waals surface area contributed by atoms with Crippen molar-refractivity contribution in [3.8, 4) is 0 Å². The fourth-order valence-corrected chi connectivity index (χ4v) is 3.95. The van der Waals surface area contributed by atoms with Gasteiger partial charge in [-0.2, -0.15) is 0 Å². The molecule has 0 radical (unpaired) electrons. The molecule has 1 saturated carbocycles. The number of nitrogens with zero attached hydrogens (tertiary/aromatic N) is 1. The Bertz CT molecular complexity index is 287. The van der Waals surface area contributed by atoms with E-state index in [0.29, 0.717) is 5.54 Å². The summed E-state index contributed by atoms with van der Waals surface area (Å²) in [6.45, 7) is 11.0. The van der Waals surface area contributed by atoms with Gasteiger partial charge >= 0.3 is 0 Å². The van der Waals surface area contributed by atoms with Crippen LogP contribution in [0.1, 0.15) is 85.0 Å². The molecule has 0 aromatic heterocycles. The van der Waals surface area contributed by atoms with E-state index in [1.54, 1.807) is 0 Å². The minimum absolute atomic E-state index is 0.395. The smallest absolute Gasteiger partial charge is 0.0308 e. The molecule has 2 aliphatic rings. The van der Waals surface area contributed by atoms with E-state index < -0.39 is 0 Å². The predicted molar refractivity (Wildman–Crippen MR) is 92.8 cm³/mol. The summed E-state index contributed by atoms with van der Waals surface area (Å²) in [5.41, 5.74) is 0.395. The highest BCUT2D eigenvalue weighted by Crippen LogP contribution is 2.41. The molecule has 124 valence electrons. The Morgan fingerprint density at radius 3 is 2.33 bits per heavy atom. The molecule has 2 unspecified atom stereocenters. The zero-order valence-electron chi connectivity index (χ0n) is 14.8. The largest absolute Gasteiger partial charge is 0.310 e. The minimum atomic E-state index is 0.395. The lowest BCUT2D eigenvalue weighted by atomic mass is 9.95. The van der Waals surface area contributed by atoms with Gasteiger partial charge in [0.2, 0.25) is 0 Å². The van der Waals surface area contributed by atoms with Crippen molar-refractivity contribution in [1.29, 1.82) is 0 Å². The molecule has 0 bridgehead atoms. The second kappa shape index (κ2) is 8.53. The van der Waals surface area contributed by atoms with Crippen LogP contribution in [0.4, 0.5) is 0 Å². The van der Waals surface area contributed by atoms with Crippen molar-refractivity contribution in [1.82, 2.24) is 10.2 Å². The molecule has 21 heavy (non-hydrogen) atoms. The first-order valence-electron chi connectivity index (χ1n) is 9.65. The zero-order chi connectivity index (χ0) is 15.1. The van der Waals surface area contributed by atoms with Gasteiger partial charge in [-0.25, -0.2) is 0 Å². The SMILES string of the molecule is CCCCCCCCCN1CC(C)(C2CC2)NCCC1C. The van der Waals surface area contributed by atoms with Gasteiger partial charge in [-0.15, -0.1) is 0 Å². The molecule has 0 aromatic rings. The summed E-state index contributed by atoms with van der Waals surface area (Å²) in [6.07, 6.45) is 14.2. The lowest BCUT2D eigenvalue weighted by Gasteiger charge is -2.36. The third-order valence-electron chi connectivity index (χ3n) is 5.77. The standard InChI is InChI=1S/C19H38N2/c1-4-5-6-7-8-9-10-15-21-16-19(3,18-11-12-18)20-14-13-17(21)2/h17-18,20H,4-16H2,1-3H3. The van der Waals surface area contributed by atoms with E-state index in [9.17, 15) is 0 Å². The molecule has 2 rings (SSSR count). The van der Waals surface area contributed by atoms with Gasteiger partial charge in [-0.1, -0.05) is 45.4 Å². The highest BCUT2D eigenvalue weighted by Gasteiger charge is 2.43. The lowest BCUT2D eigenvalue weighted by Crippen LogP contribution is -2.51. The van der Waals surface area contributed by atoms with Gasteiger partial charge in [0, 0.05) is 18.1 Å². The van der Waals surface area contributed by atoms with Gasteiger partial charge < -0.3 is 5.32 Å². The van der Waals surface area contributed by atoms with Crippen LogP contribution in [0.15, 0.2) is 0 Å². The first kappa shape index (κ1) is 17.3. The maximum atomic E-state index is 3.86. The average Bonchev–Trinajstić information content (AvgIpc) is 3.29. The molecular formula is C19H38N2. The van der Waals surface area contributed by atoms with E-state index in [4.69, 9.17) is 0 Å². The number of hydrogen-bond acceptors (Lipinski definition) is 2. The van der Waals surface area contributed by atoms with Crippen LogP contribution < -0.4 is 5.32 Å². The fraction of sp³-hybridized carbons (Fsp3) is 1.00. The predicted octanol–water partition coefficient (Wildman–Crippen LogP) is 4.59. The van der Waals surface area contributed by atoms with Crippen molar-refractivity contribution >= 4 is 0 Å². The highest BCUT2D eigenvalue weighted by molar-refractivity contribution is 5.01. The Morgan fingerprint density at radius 2 is 1.67 bits per heavy atom. The van der Waals surface area contributed by atoms with Crippen molar-refractivity contribution in [2.75, 3.05) is 19.6 Å². The van der Waals surface area contributed by atoms with E-state index in [2.05, 4.69) is 31.0 Å². The Labute approximate surface area is 133 Å². The molecule has 2 atom stereocenters. The fourth-order valence-electron chi connectivity index (χ4n) is 3.95. The summed E-state index contributed by atoms with van der Waals surface area (Å²) in [6, 6.07) is 0.762. The van der Waals surface area contributed by atoms with Crippen LogP contribution in [0.5, 0.6) is 0 Å². The zero-order valence-corrected chi connectivity index (χ0v) is 14.8. The van der Waals surface area contributed by atoms with Crippen molar-refractivity contribution < 1.29 is 0 Å². The summed E-state index contributed by atoms with van der Waals surface area (Å²) in [5.74, 6) is 0.944. The second-order valence-electron chi connectivity index (χ2n) is 7.85. The molecule has 0 aromatic carbocycles.